The van der Waals surface area contributed by atoms with Crippen molar-refractivity contribution < 1.29 is 14.3 Å². The second kappa shape index (κ2) is 9.46. The molecule has 1 fully saturated rings. The van der Waals surface area contributed by atoms with E-state index >= 15 is 0 Å². The van der Waals surface area contributed by atoms with Crippen LogP contribution in [0.4, 0.5) is 4.79 Å². The van der Waals surface area contributed by atoms with Gasteiger partial charge in [-0.3, -0.25) is 4.90 Å². The maximum atomic E-state index is 12.6. The summed E-state index contributed by atoms with van der Waals surface area (Å²) in [7, 11) is 3.22. The van der Waals surface area contributed by atoms with Crippen LogP contribution in [0.15, 0.2) is 42.5 Å². The second-order valence-corrected chi connectivity index (χ2v) is 7.06. The van der Waals surface area contributed by atoms with E-state index in [-0.39, 0.29) is 6.03 Å². The van der Waals surface area contributed by atoms with Crippen LogP contribution >= 0.6 is 0 Å². The lowest BCUT2D eigenvalue weighted by Gasteiger charge is -2.34. The molecule has 6 heteroatoms. The van der Waals surface area contributed by atoms with Gasteiger partial charge in [0.15, 0.2) is 11.5 Å². The molecular weight excluding hydrogens is 354 g/mol. The van der Waals surface area contributed by atoms with Crippen LogP contribution in [0, 0.1) is 6.92 Å². The van der Waals surface area contributed by atoms with Crippen molar-refractivity contribution in [1.29, 1.82) is 0 Å². The lowest BCUT2D eigenvalue weighted by Crippen LogP contribution is -2.51. The molecular formula is C22H29N3O3. The fourth-order valence-electron chi connectivity index (χ4n) is 3.55. The first kappa shape index (κ1) is 20.0. The predicted molar refractivity (Wildman–Crippen MR) is 110 cm³/mol. The zero-order chi connectivity index (χ0) is 19.9. The molecule has 28 heavy (non-hydrogen) atoms. The van der Waals surface area contributed by atoms with Crippen LogP contribution in [0.25, 0.3) is 0 Å². The quantitative estimate of drug-likeness (QED) is 0.833. The smallest absolute Gasteiger partial charge is 0.317 e. The molecule has 0 unspecified atom stereocenters. The van der Waals surface area contributed by atoms with Crippen LogP contribution in [0.5, 0.6) is 11.5 Å². The minimum absolute atomic E-state index is 0.0416. The predicted octanol–water partition coefficient (Wildman–Crippen LogP) is 3.04. The molecule has 1 aliphatic heterocycles. The molecule has 1 heterocycles. The first-order chi connectivity index (χ1) is 13.6. The standard InChI is InChI=1S/C22H29N3O3/c1-17-6-4-7-18(14-17)16-24-10-12-25(13-11-24)22(26)23-15-19-8-5-9-20(27-2)21(19)28-3/h4-9,14H,10-13,15-16H2,1-3H3,(H,23,26). The average Bonchev–Trinajstić information content (AvgIpc) is 2.72. The van der Waals surface area contributed by atoms with E-state index in [4.69, 9.17) is 9.47 Å². The molecule has 150 valence electrons. The Kier molecular flexibility index (Phi) is 6.76. The number of aryl methyl sites for hydroxylation is 1. The SMILES string of the molecule is COc1cccc(CNC(=O)N2CCN(Cc3cccc(C)c3)CC2)c1OC. The Morgan fingerprint density at radius 2 is 1.79 bits per heavy atom. The molecule has 6 nitrogen and oxygen atoms in total. The Hall–Kier alpha value is -2.73. The van der Waals surface area contributed by atoms with Crippen molar-refractivity contribution in [2.75, 3.05) is 40.4 Å². The summed E-state index contributed by atoms with van der Waals surface area (Å²) in [6.45, 7) is 6.66. The Morgan fingerprint density at radius 3 is 2.46 bits per heavy atom. The Labute approximate surface area is 167 Å². The third-order valence-corrected chi connectivity index (χ3v) is 5.06. The van der Waals surface area contributed by atoms with Gasteiger partial charge in [-0.25, -0.2) is 4.79 Å². The molecule has 2 aromatic carbocycles. The van der Waals surface area contributed by atoms with E-state index in [0.29, 0.717) is 18.0 Å². The molecule has 0 radical (unpaired) electrons. The molecule has 2 amide bonds. The third kappa shape index (κ3) is 4.95. The van der Waals surface area contributed by atoms with E-state index in [9.17, 15) is 4.79 Å². The van der Waals surface area contributed by atoms with Crippen LogP contribution in [0.3, 0.4) is 0 Å². The van der Waals surface area contributed by atoms with Gasteiger partial charge in [-0.05, 0) is 18.6 Å². The van der Waals surface area contributed by atoms with Gasteiger partial charge in [0.2, 0.25) is 0 Å². The van der Waals surface area contributed by atoms with E-state index < -0.39 is 0 Å². The number of hydrogen-bond donors (Lipinski definition) is 1. The number of ether oxygens (including phenoxy) is 2. The minimum Gasteiger partial charge on any atom is -0.493 e. The van der Waals surface area contributed by atoms with Crippen molar-refractivity contribution in [3.05, 3.63) is 59.2 Å². The highest BCUT2D eigenvalue weighted by Crippen LogP contribution is 2.30. The van der Waals surface area contributed by atoms with E-state index in [1.54, 1.807) is 14.2 Å². The summed E-state index contributed by atoms with van der Waals surface area (Å²) in [5, 5.41) is 3.00. The largest absolute Gasteiger partial charge is 0.493 e. The number of nitrogens with one attached hydrogen (secondary N) is 1. The Morgan fingerprint density at radius 1 is 1.04 bits per heavy atom. The number of nitrogens with zero attached hydrogens (tertiary/aromatic N) is 2. The van der Waals surface area contributed by atoms with Gasteiger partial charge in [0.05, 0.1) is 14.2 Å². The summed E-state index contributed by atoms with van der Waals surface area (Å²) < 4.78 is 10.7. The Bertz CT molecular complexity index is 801. The molecule has 0 spiro atoms. The normalized spacial score (nSPS) is 14.6. The second-order valence-electron chi connectivity index (χ2n) is 7.06. The first-order valence-electron chi connectivity index (χ1n) is 9.61. The molecule has 0 aliphatic carbocycles. The molecule has 0 saturated carbocycles. The molecule has 2 aromatic rings. The number of rotatable bonds is 6. The highest BCUT2D eigenvalue weighted by molar-refractivity contribution is 5.74. The number of urea groups is 1. The van der Waals surface area contributed by atoms with Gasteiger partial charge >= 0.3 is 6.03 Å². The number of hydrogen-bond acceptors (Lipinski definition) is 4. The zero-order valence-corrected chi connectivity index (χ0v) is 16.9. The van der Waals surface area contributed by atoms with Crippen LogP contribution in [-0.4, -0.2) is 56.2 Å². The van der Waals surface area contributed by atoms with Gasteiger partial charge in [-0.1, -0.05) is 42.0 Å². The first-order valence-corrected chi connectivity index (χ1v) is 9.61. The molecule has 1 aliphatic rings. The van der Waals surface area contributed by atoms with Crippen LogP contribution in [0.2, 0.25) is 0 Å². The van der Waals surface area contributed by atoms with Gasteiger partial charge in [-0.2, -0.15) is 0 Å². The highest BCUT2D eigenvalue weighted by Gasteiger charge is 2.21. The van der Waals surface area contributed by atoms with Crippen molar-refractivity contribution in [3.63, 3.8) is 0 Å². The summed E-state index contributed by atoms with van der Waals surface area (Å²) in [6.07, 6.45) is 0. The summed E-state index contributed by atoms with van der Waals surface area (Å²) in [5.74, 6) is 1.33. The van der Waals surface area contributed by atoms with E-state index in [1.807, 2.05) is 23.1 Å². The molecule has 1 saturated heterocycles. The number of amides is 2. The molecule has 0 bridgehead atoms. The molecule has 1 N–H and O–H groups in total. The number of carbonyl (C=O) groups is 1. The number of carbonyl (C=O) groups excluding carboxylic acids is 1. The summed E-state index contributed by atoms with van der Waals surface area (Å²) in [6, 6.07) is 14.2. The summed E-state index contributed by atoms with van der Waals surface area (Å²) in [4.78, 5) is 16.8. The van der Waals surface area contributed by atoms with Gasteiger partial charge in [0.1, 0.15) is 0 Å². The summed E-state index contributed by atoms with van der Waals surface area (Å²) in [5.41, 5.74) is 3.50. The van der Waals surface area contributed by atoms with E-state index in [1.165, 1.54) is 11.1 Å². The Balaban J connectivity index is 1.49. The van der Waals surface area contributed by atoms with Gasteiger partial charge < -0.3 is 19.7 Å². The van der Waals surface area contributed by atoms with Gasteiger partial charge in [0.25, 0.3) is 0 Å². The average molecular weight is 383 g/mol. The molecule has 0 aromatic heterocycles. The monoisotopic (exact) mass is 383 g/mol. The fraction of sp³-hybridized carbons (Fsp3) is 0.409. The number of benzene rings is 2. The van der Waals surface area contributed by atoms with E-state index in [2.05, 4.69) is 41.4 Å². The summed E-state index contributed by atoms with van der Waals surface area (Å²) >= 11 is 0. The maximum Gasteiger partial charge on any atom is 0.317 e. The minimum atomic E-state index is -0.0416. The lowest BCUT2D eigenvalue weighted by atomic mass is 10.1. The molecule has 0 atom stereocenters. The number of para-hydroxylation sites is 1. The highest BCUT2D eigenvalue weighted by atomic mass is 16.5. The van der Waals surface area contributed by atoms with E-state index in [0.717, 1.165) is 38.3 Å². The van der Waals surface area contributed by atoms with Crippen LogP contribution < -0.4 is 14.8 Å². The fourth-order valence-corrected chi connectivity index (χ4v) is 3.55. The van der Waals surface area contributed by atoms with Crippen molar-refractivity contribution in [3.8, 4) is 11.5 Å². The van der Waals surface area contributed by atoms with Crippen molar-refractivity contribution in [2.24, 2.45) is 0 Å². The zero-order valence-electron chi connectivity index (χ0n) is 16.9. The van der Waals surface area contributed by atoms with Gasteiger partial charge in [0, 0.05) is 44.8 Å². The maximum absolute atomic E-state index is 12.6. The van der Waals surface area contributed by atoms with Crippen molar-refractivity contribution in [1.82, 2.24) is 15.1 Å². The number of methoxy groups -OCH3 is 2. The van der Waals surface area contributed by atoms with Gasteiger partial charge in [-0.15, -0.1) is 0 Å². The number of piperazine rings is 1. The topological polar surface area (TPSA) is 54.0 Å². The molecule has 3 rings (SSSR count). The van der Waals surface area contributed by atoms with Crippen molar-refractivity contribution >= 4 is 6.03 Å². The van der Waals surface area contributed by atoms with Crippen LogP contribution in [-0.2, 0) is 13.1 Å². The van der Waals surface area contributed by atoms with Crippen molar-refractivity contribution in [2.45, 2.75) is 20.0 Å². The van der Waals surface area contributed by atoms with Crippen LogP contribution in [0.1, 0.15) is 16.7 Å². The third-order valence-electron chi connectivity index (χ3n) is 5.06. The lowest BCUT2D eigenvalue weighted by molar-refractivity contribution is 0.135.